The van der Waals surface area contributed by atoms with Gasteiger partial charge in [0.1, 0.15) is 4.90 Å². The first kappa shape index (κ1) is 14.9. The monoisotopic (exact) mass is 313 g/mol. The van der Waals surface area contributed by atoms with Crippen LogP contribution < -0.4 is 10.5 Å². The zero-order chi connectivity index (χ0) is 14.9. The molecule has 1 aromatic carbocycles. The van der Waals surface area contributed by atoms with Crippen molar-refractivity contribution in [2.45, 2.75) is 18.4 Å². The van der Waals surface area contributed by atoms with Crippen LogP contribution in [-0.4, -0.2) is 13.0 Å². The van der Waals surface area contributed by atoms with E-state index in [2.05, 4.69) is 4.72 Å². The molecule has 0 aliphatic heterocycles. The minimum absolute atomic E-state index is 0.164. The maximum Gasteiger partial charge on any atom is 0.263 e. The normalized spacial score (nSPS) is 11.6. The number of hydrogen-bond acceptors (Lipinski definition) is 3. The van der Waals surface area contributed by atoms with E-state index in [0.717, 1.165) is 11.3 Å². The Morgan fingerprint density at radius 3 is 2.60 bits per heavy atom. The van der Waals surface area contributed by atoms with Crippen LogP contribution in [0.25, 0.3) is 0 Å². The molecule has 20 heavy (non-hydrogen) atoms. The van der Waals surface area contributed by atoms with E-state index in [9.17, 15) is 8.42 Å². The lowest BCUT2D eigenvalue weighted by Crippen LogP contribution is -2.12. The Balaban J connectivity index is 2.35. The molecule has 0 bridgehead atoms. The standard InChI is InChI=1S/C13H16ClN3O2S/c1-9-3-4-13(12(14)5-9)16-20(18,19)11-6-10(7-15)17(2)8-11/h3-6,8,16H,7,15H2,1-2H3. The molecule has 3 N–H and O–H groups in total. The van der Waals surface area contributed by atoms with Gasteiger partial charge in [0.05, 0.1) is 10.7 Å². The molecule has 2 rings (SSSR count). The summed E-state index contributed by atoms with van der Waals surface area (Å²) in [6.07, 6.45) is 1.52. The Bertz CT molecular complexity index is 738. The summed E-state index contributed by atoms with van der Waals surface area (Å²) in [6, 6.07) is 6.68. The molecule has 0 saturated carbocycles. The van der Waals surface area contributed by atoms with Crippen LogP contribution in [0.15, 0.2) is 35.4 Å². The molecule has 0 fully saturated rings. The van der Waals surface area contributed by atoms with E-state index >= 15 is 0 Å². The summed E-state index contributed by atoms with van der Waals surface area (Å²) >= 11 is 6.03. The number of benzene rings is 1. The van der Waals surface area contributed by atoms with Crippen molar-refractivity contribution in [2.24, 2.45) is 12.8 Å². The van der Waals surface area contributed by atoms with Crippen LogP contribution in [0.2, 0.25) is 5.02 Å². The van der Waals surface area contributed by atoms with E-state index < -0.39 is 10.0 Å². The fourth-order valence-corrected chi connectivity index (χ4v) is 3.35. The summed E-state index contributed by atoms with van der Waals surface area (Å²) in [6.45, 7) is 2.16. The number of aromatic nitrogens is 1. The van der Waals surface area contributed by atoms with Crippen LogP contribution in [0.1, 0.15) is 11.3 Å². The highest BCUT2D eigenvalue weighted by molar-refractivity contribution is 7.92. The van der Waals surface area contributed by atoms with E-state index in [0.29, 0.717) is 10.7 Å². The third-order valence-corrected chi connectivity index (χ3v) is 4.62. The summed E-state index contributed by atoms with van der Waals surface area (Å²) in [5, 5.41) is 0.364. The van der Waals surface area contributed by atoms with E-state index in [1.807, 2.05) is 6.92 Å². The van der Waals surface area contributed by atoms with Gasteiger partial charge in [-0.3, -0.25) is 4.72 Å². The van der Waals surface area contributed by atoms with Gasteiger partial charge in [0.15, 0.2) is 0 Å². The number of nitrogens with zero attached hydrogens (tertiary/aromatic N) is 1. The zero-order valence-corrected chi connectivity index (χ0v) is 12.8. The lowest BCUT2D eigenvalue weighted by molar-refractivity contribution is 0.601. The number of halogens is 1. The Morgan fingerprint density at radius 1 is 1.35 bits per heavy atom. The van der Waals surface area contributed by atoms with Gasteiger partial charge in [-0.2, -0.15) is 0 Å². The maximum absolute atomic E-state index is 12.3. The quantitative estimate of drug-likeness (QED) is 0.908. The van der Waals surface area contributed by atoms with Crippen LogP contribution in [0.4, 0.5) is 5.69 Å². The highest BCUT2D eigenvalue weighted by Gasteiger charge is 2.18. The molecule has 108 valence electrons. The van der Waals surface area contributed by atoms with Gasteiger partial charge < -0.3 is 10.3 Å². The molecule has 0 atom stereocenters. The van der Waals surface area contributed by atoms with E-state index in [-0.39, 0.29) is 11.4 Å². The van der Waals surface area contributed by atoms with Crippen molar-refractivity contribution in [2.75, 3.05) is 4.72 Å². The molecular weight excluding hydrogens is 298 g/mol. The highest BCUT2D eigenvalue weighted by Crippen LogP contribution is 2.26. The number of sulfonamides is 1. The molecule has 0 unspecified atom stereocenters. The third-order valence-electron chi connectivity index (χ3n) is 2.97. The summed E-state index contributed by atoms with van der Waals surface area (Å²) in [4.78, 5) is 0.164. The van der Waals surface area contributed by atoms with Crippen LogP contribution in [0, 0.1) is 6.92 Å². The fourth-order valence-electron chi connectivity index (χ4n) is 1.83. The number of anilines is 1. The zero-order valence-electron chi connectivity index (χ0n) is 11.2. The van der Waals surface area contributed by atoms with Crippen molar-refractivity contribution in [1.29, 1.82) is 0 Å². The van der Waals surface area contributed by atoms with Gasteiger partial charge in [-0.25, -0.2) is 8.42 Å². The number of hydrogen-bond donors (Lipinski definition) is 2. The second-order valence-electron chi connectivity index (χ2n) is 4.57. The average molecular weight is 314 g/mol. The molecule has 0 saturated heterocycles. The number of nitrogens with one attached hydrogen (secondary N) is 1. The van der Waals surface area contributed by atoms with E-state index in [4.69, 9.17) is 17.3 Å². The van der Waals surface area contributed by atoms with Gasteiger partial charge in [0, 0.05) is 25.5 Å². The van der Waals surface area contributed by atoms with Crippen molar-refractivity contribution in [3.05, 3.63) is 46.7 Å². The van der Waals surface area contributed by atoms with Crippen LogP contribution in [-0.2, 0) is 23.6 Å². The topological polar surface area (TPSA) is 77.1 Å². The van der Waals surface area contributed by atoms with E-state index in [1.54, 1.807) is 35.9 Å². The molecule has 1 heterocycles. The Kier molecular flexibility index (Phi) is 4.08. The van der Waals surface area contributed by atoms with Gasteiger partial charge >= 0.3 is 0 Å². The van der Waals surface area contributed by atoms with Crippen LogP contribution >= 0.6 is 11.6 Å². The second-order valence-corrected chi connectivity index (χ2v) is 6.66. The van der Waals surface area contributed by atoms with Crippen LogP contribution in [0.5, 0.6) is 0 Å². The van der Waals surface area contributed by atoms with Crippen molar-refractivity contribution in [3.63, 3.8) is 0 Å². The average Bonchev–Trinajstić information content (AvgIpc) is 2.75. The summed E-state index contributed by atoms with van der Waals surface area (Å²) < 4.78 is 28.8. The smallest absolute Gasteiger partial charge is 0.263 e. The molecule has 0 amide bonds. The lowest BCUT2D eigenvalue weighted by atomic mass is 10.2. The first-order valence-electron chi connectivity index (χ1n) is 5.98. The Hall–Kier alpha value is -1.50. The molecule has 1 aromatic heterocycles. The van der Waals surface area contributed by atoms with Gasteiger partial charge in [-0.15, -0.1) is 0 Å². The van der Waals surface area contributed by atoms with Gasteiger partial charge in [-0.05, 0) is 30.7 Å². The van der Waals surface area contributed by atoms with Crippen molar-refractivity contribution < 1.29 is 8.42 Å². The molecule has 0 aliphatic rings. The summed E-state index contributed by atoms with van der Waals surface area (Å²) in [5.74, 6) is 0. The minimum atomic E-state index is -3.67. The number of nitrogens with two attached hydrogens (primary N) is 1. The van der Waals surface area contributed by atoms with Gasteiger partial charge in [0.25, 0.3) is 10.0 Å². The largest absolute Gasteiger partial charge is 0.352 e. The molecule has 7 heteroatoms. The molecule has 5 nitrogen and oxygen atoms in total. The predicted molar refractivity (Wildman–Crippen MR) is 80.3 cm³/mol. The molecule has 2 aromatic rings. The summed E-state index contributed by atoms with van der Waals surface area (Å²) in [7, 11) is -1.92. The lowest BCUT2D eigenvalue weighted by Gasteiger charge is -2.08. The molecule has 0 spiro atoms. The Labute approximate surface area is 123 Å². The van der Waals surface area contributed by atoms with Crippen molar-refractivity contribution in [3.8, 4) is 0 Å². The fraction of sp³-hybridized carbons (Fsp3) is 0.231. The maximum atomic E-state index is 12.3. The van der Waals surface area contributed by atoms with Gasteiger partial charge in [0.2, 0.25) is 0 Å². The second kappa shape index (κ2) is 5.47. The number of rotatable bonds is 4. The third kappa shape index (κ3) is 2.98. The molecule has 0 aliphatic carbocycles. The Morgan fingerprint density at radius 2 is 2.05 bits per heavy atom. The van der Waals surface area contributed by atoms with Crippen LogP contribution in [0.3, 0.4) is 0 Å². The molecule has 0 radical (unpaired) electrons. The predicted octanol–water partition coefficient (Wildman–Crippen LogP) is 2.25. The number of aryl methyl sites for hydroxylation is 2. The summed E-state index contributed by atoms with van der Waals surface area (Å²) in [5.41, 5.74) is 7.60. The van der Waals surface area contributed by atoms with E-state index in [1.165, 1.54) is 6.20 Å². The highest BCUT2D eigenvalue weighted by atomic mass is 35.5. The SMILES string of the molecule is Cc1ccc(NS(=O)(=O)c2cc(CN)n(C)c2)c(Cl)c1. The van der Waals surface area contributed by atoms with Crippen molar-refractivity contribution >= 4 is 27.3 Å². The minimum Gasteiger partial charge on any atom is -0.352 e. The molecular formula is C13H16ClN3O2S. The first-order valence-corrected chi connectivity index (χ1v) is 7.84. The van der Waals surface area contributed by atoms with Crippen molar-refractivity contribution in [1.82, 2.24) is 4.57 Å². The first-order chi connectivity index (χ1) is 9.33. The van der Waals surface area contributed by atoms with Gasteiger partial charge in [-0.1, -0.05) is 17.7 Å².